The Kier molecular flexibility index (Phi) is 24.6. The highest BCUT2D eigenvalue weighted by atomic mass is 16.7. The molecule has 12 atom stereocenters. The molecule has 0 aromatic heterocycles. The van der Waals surface area contributed by atoms with Crippen LogP contribution in [-0.4, -0.2) is 140 Å². The van der Waals surface area contributed by atoms with Crippen molar-refractivity contribution >= 4 is 5.91 Å². The Morgan fingerprint density at radius 3 is 1.73 bits per heavy atom. The van der Waals surface area contributed by atoms with Crippen LogP contribution in [0.1, 0.15) is 129 Å². The van der Waals surface area contributed by atoms with Gasteiger partial charge in [0.05, 0.1) is 32.0 Å². The van der Waals surface area contributed by atoms with Crippen LogP contribution in [0.3, 0.4) is 0 Å². The van der Waals surface area contributed by atoms with E-state index in [1.807, 2.05) is 13.0 Å². The zero-order chi connectivity index (χ0) is 38.3. The highest BCUT2D eigenvalue weighted by molar-refractivity contribution is 5.76. The molecule has 14 nitrogen and oxygen atoms in total. The van der Waals surface area contributed by atoms with Gasteiger partial charge < -0.3 is 65.1 Å². The van der Waals surface area contributed by atoms with Crippen LogP contribution in [0.5, 0.6) is 0 Å². The molecule has 0 bridgehead atoms. The summed E-state index contributed by atoms with van der Waals surface area (Å²) in [4.78, 5) is 12.5. The quantitative estimate of drug-likeness (QED) is 0.0413. The summed E-state index contributed by atoms with van der Waals surface area (Å²) in [6.45, 7) is 2.38. The number of unbranched alkanes of at least 4 members (excludes halogenated alkanes) is 15. The van der Waals surface area contributed by atoms with Crippen LogP contribution in [-0.2, 0) is 23.7 Å². The topological polar surface area (TPSA) is 228 Å². The molecule has 2 fully saturated rings. The number of rotatable bonds is 28. The summed E-state index contributed by atoms with van der Waals surface area (Å²) in [5, 5.41) is 85.3. The van der Waals surface area contributed by atoms with Crippen LogP contribution in [0.4, 0.5) is 0 Å². The van der Waals surface area contributed by atoms with Crippen LogP contribution < -0.4 is 5.32 Å². The number of aliphatic hydroxyl groups excluding tert-OH is 8. The van der Waals surface area contributed by atoms with E-state index in [4.69, 9.17) is 18.9 Å². The summed E-state index contributed by atoms with van der Waals surface area (Å²) in [5.74, 6) is -0.294. The van der Waals surface area contributed by atoms with Crippen molar-refractivity contribution in [3.63, 3.8) is 0 Å². The first-order chi connectivity index (χ1) is 25.1. The Morgan fingerprint density at radius 2 is 1.19 bits per heavy atom. The minimum atomic E-state index is -1.78. The van der Waals surface area contributed by atoms with E-state index >= 15 is 0 Å². The van der Waals surface area contributed by atoms with Gasteiger partial charge in [0.2, 0.25) is 5.91 Å². The molecule has 2 aliphatic rings. The van der Waals surface area contributed by atoms with Crippen LogP contribution in [0.15, 0.2) is 12.2 Å². The van der Waals surface area contributed by atoms with Gasteiger partial charge >= 0.3 is 0 Å². The van der Waals surface area contributed by atoms with Crippen molar-refractivity contribution in [2.45, 2.75) is 203 Å². The number of carbonyl (C=O) groups is 1. The Hall–Kier alpha value is -1.27. The normalized spacial score (nSPS) is 30.8. The van der Waals surface area contributed by atoms with E-state index in [0.717, 1.165) is 19.3 Å². The largest absolute Gasteiger partial charge is 0.394 e. The second kappa shape index (κ2) is 27.3. The molecule has 0 radical (unpaired) electrons. The average Bonchev–Trinajstić information content (AvgIpc) is 3.13. The van der Waals surface area contributed by atoms with Gasteiger partial charge in [-0.25, -0.2) is 0 Å². The lowest BCUT2D eigenvalue weighted by Crippen LogP contribution is -2.65. The molecular weight excluding hydrogens is 678 g/mol. The van der Waals surface area contributed by atoms with E-state index in [1.54, 1.807) is 6.08 Å². The number of aliphatic hydroxyl groups is 8. The van der Waals surface area contributed by atoms with Crippen molar-refractivity contribution in [2.75, 3.05) is 19.8 Å². The van der Waals surface area contributed by atoms with Gasteiger partial charge in [0, 0.05) is 6.42 Å². The van der Waals surface area contributed by atoms with Gasteiger partial charge in [-0.1, -0.05) is 116 Å². The number of allylic oxidation sites excluding steroid dienone is 1. The molecule has 2 saturated heterocycles. The monoisotopic (exact) mass is 749 g/mol. The number of carbonyl (C=O) groups excluding carboxylic acids is 1. The minimum absolute atomic E-state index is 0.233. The Labute approximate surface area is 310 Å². The van der Waals surface area contributed by atoms with E-state index in [1.165, 1.54) is 83.5 Å². The number of hydrogen-bond acceptors (Lipinski definition) is 13. The fourth-order valence-electron chi connectivity index (χ4n) is 6.63. The number of ether oxygens (including phenoxy) is 4. The fourth-order valence-corrected chi connectivity index (χ4v) is 6.63. The van der Waals surface area contributed by atoms with Gasteiger partial charge in [0.15, 0.2) is 12.6 Å². The second-order valence-corrected chi connectivity index (χ2v) is 14.4. The molecule has 2 heterocycles. The zero-order valence-corrected chi connectivity index (χ0v) is 31.6. The number of hydrogen-bond donors (Lipinski definition) is 9. The van der Waals surface area contributed by atoms with Crippen LogP contribution in [0.25, 0.3) is 0 Å². The Balaban J connectivity index is 1.78. The molecule has 9 N–H and O–H groups in total. The smallest absolute Gasteiger partial charge is 0.220 e. The summed E-state index contributed by atoms with van der Waals surface area (Å²) < 4.78 is 22.3. The van der Waals surface area contributed by atoms with Gasteiger partial charge in [-0.2, -0.15) is 0 Å². The van der Waals surface area contributed by atoms with Crippen molar-refractivity contribution in [3.8, 4) is 0 Å². The molecule has 1 amide bonds. The molecule has 306 valence electrons. The van der Waals surface area contributed by atoms with Crippen molar-refractivity contribution < 1.29 is 64.6 Å². The zero-order valence-electron chi connectivity index (χ0n) is 31.6. The van der Waals surface area contributed by atoms with E-state index in [2.05, 4.69) is 12.2 Å². The maximum atomic E-state index is 12.5. The third-order valence-corrected chi connectivity index (χ3v) is 9.94. The lowest BCUT2D eigenvalue weighted by atomic mass is 9.97. The van der Waals surface area contributed by atoms with E-state index in [9.17, 15) is 45.6 Å². The summed E-state index contributed by atoms with van der Waals surface area (Å²) in [6.07, 6.45) is 7.41. The summed E-state index contributed by atoms with van der Waals surface area (Å²) >= 11 is 0. The second-order valence-electron chi connectivity index (χ2n) is 14.4. The molecule has 0 aromatic carbocycles. The molecule has 2 rings (SSSR count). The lowest BCUT2D eigenvalue weighted by Gasteiger charge is -2.46. The van der Waals surface area contributed by atoms with Crippen molar-refractivity contribution in [3.05, 3.63) is 12.2 Å². The van der Waals surface area contributed by atoms with Gasteiger partial charge in [-0.3, -0.25) is 4.79 Å². The molecule has 0 aliphatic carbocycles. The van der Waals surface area contributed by atoms with Crippen LogP contribution >= 0.6 is 0 Å². The predicted molar refractivity (Wildman–Crippen MR) is 194 cm³/mol. The molecule has 0 aromatic rings. The van der Waals surface area contributed by atoms with Crippen molar-refractivity contribution in [1.82, 2.24) is 5.32 Å². The third-order valence-electron chi connectivity index (χ3n) is 9.94. The van der Waals surface area contributed by atoms with E-state index < -0.39 is 86.8 Å². The fraction of sp³-hybridized carbons (Fsp3) is 0.921. The molecular formula is C38H71NO13. The standard InChI is InChI=1S/C38H71NO13/c1-3-5-6-7-8-9-10-11-12-13-14-15-16-17-18-19-20-22-27(42)26(39-30(43)21-4-2)25-49-37-35(48)33(46)36(29(24-41)51-37)52-38-34(47)32(45)31(44)28(23-40)50-38/h20,22,26-29,31-38,40-42,44-48H,3-19,21,23-25H2,1-2H3,(H,39,43)/b22-20+. The minimum Gasteiger partial charge on any atom is -0.394 e. The summed E-state index contributed by atoms with van der Waals surface area (Å²) in [6, 6.07) is -0.903. The van der Waals surface area contributed by atoms with Gasteiger partial charge in [0.25, 0.3) is 0 Å². The molecule has 14 heteroatoms. The predicted octanol–water partition coefficient (Wildman–Crippen LogP) is 2.09. The molecule has 0 saturated carbocycles. The lowest BCUT2D eigenvalue weighted by molar-refractivity contribution is -0.359. The maximum Gasteiger partial charge on any atom is 0.220 e. The number of nitrogens with one attached hydrogen (secondary N) is 1. The van der Waals surface area contributed by atoms with E-state index in [-0.39, 0.29) is 18.9 Å². The van der Waals surface area contributed by atoms with Crippen LogP contribution in [0.2, 0.25) is 0 Å². The van der Waals surface area contributed by atoms with E-state index in [0.29, 0.717) is 6.42 Å². The SMILES string of the molecule is CCCCCCCCCCCCCCCCC/C=C/C(O)C(COC1OC(CO)C(OC2OC(CO)C(O)C(O)C2O)C(O)C1O)NC(=O)CCC. The van der Waals surface area contributed by atoms with Gasteiger partial charge in [-0.15, -0.1) is 0 Å². The van der Waals surface area contributed by atoms with Gasteiger partial charge in [-0.05, 0) is 19.3 Å². The highest BCUT2D eigenvalue weighted by Gasteiger charge is 2.50. The van der Waals surface area contributed by atoms with Crippen LogP contribution in [0, 0.1) is 0 Å². The van der Waals surface area contributed by atoms with Crippen molar-refractivity contribution in [2.24, 2.45) is 0 Å². The first-order valence-electron chi connectivity index (χ1n) is 19.9. The third kappa shape index (κ3) is 16.6. The Bertz CT molecular complexity index is 941. The Morgan fingerprint density at radius 1 is 0.673 bits per heavy atom. The molecule has 12 unspecified atom stereocenters. The molecule has 52 heavy (non-hydrogen) atoms. The maximum absolute atomic E-state index is 12.5. The summed E-state index contributed by atoms with van der Waals surface area (Å²) in [7, 11) is 0. The van der Waals surface area contributed by atoms with Crippen molar-refractivity contribution in [1.29, 1.82) is 0 Å². The first kappa shape index (κ1) is 46.9. The highest BCUT2D eigenvalue weighted by Crippen LogP contribution is 2.29. The first-order valence-corrected chi connectivity index (χ1v) is 19.9. The summed E-state index contributed by atoms with van der Waals surface area (Å²) in [5.41, 5.74) is 0. The van der Waals surface area contributed by atoms with Gasteiger partial charge in [0.1, 0.15) is 48.8 Å². The average molecular weight is 750 g/mol. The molecule has 2 aliphatic heterocycles. The number of amides is 1. The molecule has 0 spiro atoms.